The van der Waals surface area contributed by atoms with E-state index in [1.807, 2.05) is 19.1 Å². The molecule has 1 atom stereocenters. The summed E-state index contributed by atoms with van der Waals surface area (Å²) in [6, 6.07) is 10.7. The van der Waals surface area contributed by atoms with Crippen LogP contribution in [0.3, 0.4) is 0 Å². The van der Waals surface area contributed by atoms with E-state index in [9.17, 15) is 9.90 Å². The smallest absolute Gasteiger partial charge is 0.200 e. The molecule has 1 heterocycles. The van der Waals surface area contributed by atoms with Crippen LogP contribution in [0.15, 0.2) is 45.6 Å². The first-order valence-electron chi connectivity index (χ1n) is 7.62. The van der Waals surface area contributed by atoms with Gasteiger partial charge in [-0.25, -0.2) is 0 Å². The predicted molar refractivity (Wildman–Crippen MR) is 93.0 cm³/mol. The fraction of sp³-hybridized carbons (Fsp3) is 0.278. The maximum atomic E-state index is 12.7. The number of para-hydroxylation sites is 1. The predicted octanol–water partition coefficient (Wildman–Crippen LogP) is 3.46. The highest BCUT2D eigenvalue weighted by atomic mass is 35.5. The molecule has 0 bridgehead atoms. The van der Waals surface area contributed by atoms with Crippen molar-refractivity contribution in [3.8, 4) is 0 Å². The molecule has 0 radical (unpaired) electrons. The summed E-state index contributed by atoms with van der Waals surface area (Å²) in [5, 5.41) is 13.9. The van der Waals surface area contributed by atoms with Crippen LogP contribution >= 0.6 is 11.6 Å². The Labute approximate surface area is 138 Å². The molecule has 3 rings (SSSR count). The lowest BCUT2D eigenvalue weighted by Crippen LogP contribution is -2.31. The molecule has 23 heavy (non-hydrogen) atoms. The van der Waals surface area contributed by atoms with Crippen molar-refractivity contribution < 1.29 is 9.52 Å². The molecule has 120 valence electrons. The minimum absolute atomic E-state index is 0.0533. The first-order valence-corrected chi connectivity index (χ1v) is 8.00. The fourth-order valence-corrected chi connectivity index (χ4v) is 2.81. The normalized spacial score (nSPS) is 12.8. The van der Waals surface area contributed by atoms with E-state index in [2.05, 4.69) is 5.32 Å². The van der Waals surface area contributed by atoms with E-state index in [1.54, 1.807) is 24.3 Å². The van der Waals surface area contributed by atoms with Crippen LogP contribution in [0.5, 0.6) is 0 Å². The lowest BCUT2D eigenvalue weighted by Gasteiger charge is -2.14. The lowest BCUT2D eigenvalue weighted by atomic mass is 10.1. The highest BCUT2D eigenvalue weighted by Crippen LogP contribution is 2.25. The number of fused-ring (bicyclic) bond motifs is 2. The second-order valence-corrected chi connectivity index (χ2v) is 5.95. The van der Waals surface area contributed by atoms with E-state index in [1.165, 1.54) is 0 Å². The summed E-state index contributed by atoms with van der Waals surface area (Å²) >= 11 is 6.11. The van der Waals surface area contributed by atoms with E-state index in [4.69, 9.17) is 16.0 Å². The molecule has 0 aliphatic carbocycles. The van der Waals surface area contributed by atoms with Crippen LogP contribution in [-0.2, 0) is 6.54 Å². The zero-order chi connectivity index (χ0) is 16.4. The molecule has 0 fully saturated rings. The third-order valence-electron chi connectivity index (χ3n) is 4.02. The van der Waals surface area contributed by atoms with Crippen LogP contribution in [0.4, 0.5) is 0 Å². The summed E-state index contributed by atoms with van der Waals surface area (Å²) in [5.41, 5.74) is 1.83. The Bertz CT molecular complexity index is 900. The molecule has 0 unspecified atom stereocenters. The van der Waals surface area contributed by atoms with Crippen LogP contribution in [0.2, 0.25) is 5.02 Å². The van der Waals surface area contributed by atoms with E-state index in [-0.39, 0.29) is 18.1 Å². The maximum Gasteiger partial charge on any atom is 0.200 e. The SMILES string of the molecule is CC[C@@H](CO)NCc1ccc2oc3c(Cl)cccc3c(=O)c2c1. The van der Waals surface area contributed by atoms with Crippen molar-refractivity contribution in [3.05, 3.63) is 57.2 Å². The van der Waals surface area contributed by atoms with Crippen molar-refractivity contribution in [2.24, 2.45) is 0 Å². The van der Waals surface area contributed by atoms with Gasteiger partial charge < -0.3 is 14.8 Å². The standard InChI is InChI=1S/C18H18ClNO3/c1-2-12(10-21)20-9-11-6-7-16-14(8-11)17(22)13-4-3-5-15(19)18(13)23-16/h3-8,12,20-21H,2,9-10H2,1H3/t12-/m0/s1. The van der Waals surface area contributed by atoms with Gasteiger partial charge in [0, 0.05) is 12.6 Å². The molecule has 0 amide bonds. The van der Waals surface area contributed by atoms with Crippen LogP contribution in [0.25, 0.3) is 21.9 Å². The number of hydrogen-bond donors (Lipinski definition) is 2. The Morgan fingerprint density at radius 2 is 2.09 bits per heavy atom. The molecule has 3 aromatic rings. The summed E-state index contributed by atoms with van der Waals surface area (Å²) in [6.45, 7) is 2.69. The Morgan fingerprint density at radius 1 is 1.26 bits per heavy atom. The van der Waals surface area contributed by atoms with E-state index >= 15 is 0 Å². The number of halogens is 1. The van der Waals surface area contributed by atoms with E-state index in [0.717, 1.165) is 12.0 Å². The van der Waals surface area contributed by atoms with Crippen molar-refractivity contribution in [3.63, 3.8) is 0 Å². The molecular formula is C18H18ClNO3. The Hall–Kier alpha value is -1.88. The molecule has 5 heteroatoms. The van der Waals surface area contributed by atoms with Gasteiger partial charge in [0.2, 0.25) is 5.43 Å². The quantitative estimate of drug-likeness (QED) is 0.703. The number of aliphatic hydroxyl groups is 1. The van der Waals surface area contributed by atoms with Gasteiger partial charge in [-0.15, -0.1) is 0 Å². The van der Waals surface area contributed by atoms with Gasteiger partial charge in [0.25, 0.3) is 0 Å². The van der Waals surface area contributed by atoms with Crippen molar-refractivity contribution in [2.45, 2.75) is 25.9 Å². The van der Waals surface area contributed by atoms with Crippen molar-refractivity contribution in [1.82, 2.24) is 5.32 Å². The molecule has 2 N–H and O–H groups in total. The van der Waals surface area contributed by atoms with Gasteiger partial charge in [0.05, 0.1) is 22.4 Å². The number of rotatable bonds is 5. The van der Waals surface area contributed by atoms with Crippen LogP contribution in [-0.4, -0.2) is 17.8 Å². The molecule has 0 saturated carbocycles. The minimum Gasteiger partial charge on any atom is -0.454 e. The topological polar surface area (TPSA) is 62.5 Å². The van der Waals surface area contributed by atoms with Crippen LogP contribution in [0, 0.1) is 0 Å². The Balaban J connectivity index is 2.04. The number of hydrogen-bond acceptors (Lipinski definition) is 4. The van der Waals surface area contributed by atoms with E-state index in [0.29, 0.717) is 33.5 Å². The first-order chi connectivity index (χ1) is 11.1. The van der Waals surface area contributed by atoms with Crippen molar-refractivity contribution >= 4 is 33.5 Å². The van der Waals surface area contributed by atoms with Crippen LogP contribution < -0.4 is 10.7 Å². The van der Waals surface area contributed by atoms with Gasteiger partial charge in [0.15, 0.2) is 5.58 Å². The maximum absolute atomic E-state index is 12.7. The average Bonchev–Trinajstić information content (AvgIpc) is 2.57. The Morgan fingerprint density at radius 3 is 2.83 bits per heavy atom. The van der Waals surface area contributed by atoms with E-state index < -0.39 is 0 Å². The third-order valence-corrected chi connectivity index (χ3v) is 4.32. The van der Waals surface area contributed by atoms with Crippen LogP contribution in [0.1, 0.15) is 18.9 Å². The lowest BCUT2D eigenvalue weighted by molar-refractivity contribution is 0.238. The summed E-state index contributed by atoms with van der Waals surface area (Å²) in [5.74, 6) is 0. The van der Waals surface area contributed by atoms with Crippen molar-refractivity contribution in [1.29, 1.82) is 0 Å². The molecule has 2 aromatic carbocycles. The fourth-order valence-electron chi connectivity index (χ4n) is 2.60. The summed E-state index contributed by atoms with van der Waals surface area (Å²) in [4.78, 5) is 12.7. The van der Waals surface area contributed by atoms with Gasteiger partial charge in [-0.2, -0.15) is 0 Å². The molecule has 0 aliphatic rings. The summed E-state index contributed by atoms with van der Waals surface area (Å²) in [6.07, 6.45) is 0.843. The first kappa shape index (κ1) is 16.0. The van der Waals surface area contributed by atoms with Gasteiger partial charge in [-0.1, -0.05) is 30.7 Å². The second-order valence-electron chi connectivity index (χ2n) is 5.55. The summed E-state index contributed by atoms with van der Waals surface area (Å²) in [7, 11) is 0. The highest BCUT2D eigenvalue weighted by Gasteiger charge is 2.11. The van der Waals surface area contributed by atoms with Crippen molar-refractivity contribution in [2.75, 3.05) is 6.61 Å². The number of nitrogens with one attached hydrogen (secondary N) is 1. The Kier molecular flexibility index (Phi) is 4.66. The summed E-state index contributed by atoms with van der Waals surface area (Å²) < 4.78 is 5.79. The molecule has 0 aliphatic heterocycles. The molecule has 4 nitrogen and oxygen atoms in total. The molecule has 1 aromatic heterocycles. The minimum atomic E-state index is -0.0835. The van der Waals surface area contributed by atoms with Gasteiger partial charge >= 0.3 is 0 Å². The monoisotopic (exact) mass is 331 g/mol. The third kappa shape index (κ3) is 3.11. The number of benzene rings is 2. The van der Waals surface area contributed by atoms with Gasteiger partial charge in [0.1, 0.15) is 5.58 Å². The molecular weight excluding hydrogens is 314 g/mol. The highest BCUT2D eigenvalue weighted by molar-refractivity contribution is 6.34. The zero-order valence-electron chi connectivity index (χ0n) is 12.8. The molecule has 0 saturated heterocycles. The molecule has 0 spiro atoms. The van der Waals surface area contributed by atoms with Gasteiger partial charge in [-0.05, 0) is 36.2 Å². The largest absolute Gasteiger partial charge is 0.454 e. The van der Waals surface area contributed by atoms with Gasteiger partial charge in [-0.3, -0.25) is 4.79 Å². The number of aliphatic hydroxyl groups excluding tert-OH is 1. The average molecular weight is 332 g/mol. The second kappa shape index (κ2) is 6.71. The zero-order valence-corrected chi connectivity index (χ0v) is 13.6.